The van der Waals surface area contributed by atoms with Crippen molar-refractivity contribution in [2.24, 2.45) is 0 Å². The molecule has 0 spiro atoms. The first-order valence-corrected chi connectivity index (χ1v) is 6.40. The lowest BCUT2D eigenvalue weighted by molar-refractivity contribution is -0.128. The van der Waals surface area contributed by atoms with Gasteiger partial charge in [0.25, 0.3) is 0 Å². The molecule has 0 bridgehead atoms. The van der Waals surface area contributed by atoms with Gasteiger partial charge in [0.2, 0.25) is 5.91 Å². The fraction of sp³-hybridized carbons (Fsp3) is 0.385. The lowest BCUT2D eigenvalue weighted by Crippen LogP contribution is -2.54. The van der Waals surface area contributed by atoms with Gasteiger partial charge < -0.3 is 15.1 Å². The second-order valence-electron chi connectivity index (χ2n) is 4.59. The standard InChI is InChI=1S/C13H16ClN3O2/c1-16(2)13(19)17-8-7-15-12(18)11(17)9-5-3-4-6-10(9)14/h3-6,11H,7-8H2,1-2H3,(H,15,18)/t11-/m1/s1. The summed E-state index contributed by atoms with van der Waals surface area (Å²) in [5.41, 5.74) is 0.650. The number of nitrogens with zero attached hydrogens (tertiary/aromatic N) is 2. The van der Waals surface area contributed by atoms with Crippen molar-refractivity contribution in [2.75, 3.05) is 27.2 Å². The van der Waals surface area contributed by atoms with Crippen molar-refractivity contribution in [3.63, 3.8) is 0 Å². The molecule has 5 nitrogen and oxygen atoms in total. The SMILES string of the molecule is CN(C)C(=O)N1CCNC(=O)[C@H]1c1ccccc1Cl. The number of amides is 3. The lowest BCUT2D eigenvalue weighted by Gasteiger charge is -2.37. The van der Waals surface area contributed by atoms with Crippen molar-refractivity contribution in [1.82, 2.24) is 15.1 Å². The Morgan fingerprint density at radius 3 is 2.74 bits per heavy atom. The van der Waals surface area contributed by atoms with E-state index in [1.54, 1.807) is 43.3 Å². The van der Waals surface area contributed by atoms with E-state index in [1.165, 1.54) is 4.90 Å². The summed E-state index contributed by atoms with van der Waals surface area (Å²) in [6.45, 7) is 0.929. The minimum absolute atomic E-state index is 0.195. The molecule has 2 rings (SSSR count). The Morgan fingerprint density at radius 2 is 2.11 bits per heavy atom. The Labute approximate surface area is 117 Å². The number of piperazine rings is 1. The third kappa shape index (κ3) is 2.66. The van der Waals surface area contributed by atoms with E-state index >= 15 is 0 Å². The maximum absolute atomic E-state index is 12.2. The van der Waals surface area contributed by atoms with Gasteiger partial charge in [0.05, 0.1) is 0 Å². The van der Waals surface area contributed by atoms with Crippen LogP contribution in [-0.4, -0.2) is 48.9 Å². The van der Waals surface area contributed by atoms with E-state index in [0.29, 0.717) is 23.7 Å². The second kappa shape index (κ2) is 5.48. The monoisotopic (exact) mass is 281 g/mol. The zero-order valence-electron chi connectivity index (χ0n) is 10.9. The van der Waals surface area contributed by atoms with Crippen LogP contribution in [0, 0.1) is 0 Å². The van der Waals surface area contributed by atoms with Crippen LogP contribution in [0.4, 0.5) is 4.79 Å². The van der Waals surface area contributed by atoms with E-state index in [-0.39, 0.29) is 11.9 Å². The van der Waals surface area contributed by atoms with Gasteiger partial charge in [-0.25, -0.2) is 4.79 Å². The molecule has 0 aliphatic carbocycles. The minimum Gasteiger partial charge on any atom is -0.352 e. The molecule has 6 heteroatoms. The van der Waals surface area contributed by atoms with E-state index in [4.69, 9.17) is 11.6 Å². The molecule has 1 aromatic carbocycles. The van der Waals surface area contributed by atoms with E-state index in [2.05, 4.69) is 5.32 Å². The molecule has 1 heterocycles. The van der Waals surface area contributed by atoms with Gasteiger partial charge in [-0.2, -0.15) is 0 Å². The van der Waals surface area contributed by atoms with Crippen molar-refractivity contribution in [2.45, 2.75) is 6.04 Å². The number of nitrogens with one attached hydrogen (secondary N) is 1. The molecule has 1 aromatic rings. The minimum atomic E-state index is -0.669. The first-order valence-electron chi connectivity index (χ1n) is 6.02. The first kappa shape index (κ1) is 13.7. The molecule has 19 heavy (non-hydrogen) atoms. The van der Waals surface area contributed by atoms with Gasteiger partial charge in [0.15, 0.2) is 0 Å². The van der Waals surface area contributed by atoms with Crippen LogP contribution in [0.25, 0.3) is 0 Å². The van der Waals surface area contributed by atoms with Gasteiger partial charge in [-0.15, -0.1) is 0 Å². The smallest absolute Gasteiger partial charge is 0.320 e. The molecule has 0 unspecified atom stereocenters. The summed E-state index contributed by atoms with van der Waals surface area (Å²) in [4.78, 5) is 27.3. The Morgan fingerprint density at radius 1 is 1.42 bits per heavy atom. The number of rotatable bonds is 1. The van der Waals surface area contributed by atoms with Crippen molar-refractivity contribution in [3.05, 3.63) is 34.9 Å². The highest BCUT2D eigenvalue weighted by molar-refractivity contribution is 6.31. The molecule has 1 saturated heterocycles. The van der Waals surface area contributed by atoms with E-state index in [9.17, 15) is 9.59 Å². The molecule has 3 amide bonds. The van der Waals surface area contributed by atoms with Gasteiger partial charge in [-0.1, -0.05) is 29.8 Å². The normalized spacial score (nSPS) is 19.0. The molecule has 0 radical (unpaired) electrons. The van der Waals surface area contributed by atoms with Crippen molar-refractivity contribution >= 4 is 23.5 Å². The Balaban J connectivity index is 2.40. The van der Waals surface area contributed by atoms with Gasteiger partial charge in [-0.3, -0.25) is 4.79 Å². The zero-order chi connectivity index (χ0) is 14.0. The number of benzene rings is 1. The predicted octanol–water partition coefficient (Wildman–Crippen LogP) is 1.49. The molecule has 102 valence electrons. The van der Waals surface area contributed by atoms with Crippen LogP contribution < -0.4 is 5.32 Å². The van der Waals surface area contributed by atoms with Gasteiger partial charge in [-0.05, 0) is 6.07 Å². The second-order valence-corrected chi connectivity index (χ2v) is 4.99. The van der Waals surface area contributed by atoms with E-state index in [0.717, 1.165) is 0 Å². The zero-order valence-corrected chi connectivity index (χ0v) is 11.6. The number of hydrogen-bond acceptors (Lipinski definition) is 2. The van der Waals surface area contributed by atoms with Crippen molar-refractivity contribution in [1.29, 1.82) is 0 Å². The van der Waals surface area contributed by atoms with Crippen LogP contribution in [0.3, 0.4) is 0 Å². The summed E-state index contributed by atoms with van der Waals surface area (Å²) < 4.78 is 0. The largest absolute Gasteiger partial charge is 0.352 e. The number of carbonyl (C=O) groups excluding carboxylic acids is 2. The summed E-state index contributed by atoms with van der Waals surface area (Å²) in [6.07, 6.45) is 0. The quantitative estimate of drug-likeness (QED) is 0.848. The van der Waals surface area contributed by atoms with Gasteiger partial charge in [0, 0.05) is 37.8 Å². The molecule has 1 N–H and O–H groups in total. The summed E-state index contributed by atoms with van der Waals surface area (Å²) in [5.74, 6) is -0.199. The molecule has 0 aromatic heterocycles. The fourth-order valence-electron chi connectivity index (χ4n) is 2.14. The van der Waals surface area contributed by atoms with Crippen molar-refractivity contribution < 1.29 is 9.59 Å². The average Bonchev–Trinajstić information content (AvgIpc) is 2.38. The van der Waals surface area contributed by atoms with Crippen LogP contribution in [0.1, 0.15) is 11.6 Å². The fourth-order valence-corrected chi connectivity index (χ4v) is 2.37. The molecular formula is C13H16ClN3O2. The maximum Gasteiger partial charge on any atom is 0.320 e. The lowest BCUT2D eigenvalue weighted by atomic mass is 10.0. The van der Waals surface area contributed by atoms with Crippen LogP contribution in [-0.2, 0) is 4.79 Å². The molecule has 1 fully saturated rings. The highest BCUT2D eigenvalue weighted by Gasteiger charge is 2.36. The first-order chi connectivity index (χ1) is 9.02. The summed E-state index contributed by atoms with van der Waals surface area (Å²) in [6, 6.07) is 6.23. The molecule has 1 aliphatic heterocycles. The van der Waals surface area contributed by atoms with Gasteiger partial charge in [0.1, 0.15) is 6.04 Å². The molecule has 0 saturated carbocycles. The van der Waals surface area contributed by atoms with Crippen LogP contribution in [0.15, 0.2) is 24.3 Å². The highest BCUT2D eigenvalue weighted by atomic mass is 35.5. The van der Waals surface area contributed by atoms with Crippen LogP contribution in [0.2, 0.25) is 5.02 Å². The van der Waals surface area contributed by atoms with Crippen molar-refractivity contribution in [3.8, 4) is 0 Å². The third-order valence-electron chi connectivity index (χ3n) is 3.04. The topological polar surface area (TPSA) is 52.7 Å². The summed E-state index contributed by atoms with van der Waals surface area (Å²) in [5, 5.41) is 3.26. The van der Waals surface area contributed by atoms with E-state index < -0.39 is 6.04 Å². The molecular weight excluding hydrogens is 266 g/mol. The number of hydrogen-bond donors (Lipinski definition) is 1. The Kier molecular flexibility index (Phi) is 3.95. The maximum atomic E-state index is 12.2. The summed E-state index contributed by atoms with van der Waals surface area (Å²) in [7, 11) is 3.33. The molecule has 1 atom stereocenters. The highest BCUT2D eigenvalue weighted by Crippen LogP contribution is 2.29. The predicted molar refractivity (Wildman–Crippen MR) is 73.0 cm³/mol. The van der Waals surface area contributed by atoms with Crippen LogP contribution in [0.5, 0.6) is 0 Å². The van der Waals surface area contributed by atoms with E-state index in [1.807, 2.05) is 0 Å². The average molecular weight is 282 g/mol. The van der Waals surface area contributed by atoms with Gasteiger partial charge >= 0.3 is 6.03 Å². The number of carbonyl (C=O) groups is 2. The Hall–Kier alpha value is -1.75. The third-order valence-corrected chi connectivity index (χ3v) is 3.38. The van der Waals surface area contributed by atoms with Crippen LogP contribution >= 0.6 is 11.6 Å². The number of halogens is 1. The molecule has 1 aliphatic rings. The number of urea groups is 1. The summed E-state index contributed by atoms with van der Waals surface area (Å²) >= 11 is 6.14. The Bertz CT molecular complexity index is 504.